The van der Waals surface area contributed by atoms with Crippen LogP contribution in [0.15, 0.2) is 35.2 Å². The van der Waals surface area contributed by atoms with Gasteiger partial charge in [0.2, 0.25) is 12.3 Å². The van der Waals surface area contributed by atoms with Gasteiger partial charge < -0.3 is 9.42 Å². The zero-order valence-electron chi connectivity index (χ0n) is 11.4. The largest absolute Gasteiger partial charge is 0.416 e. The van der Waals surface area contributed by atoms with Crippen molar-refractivity contribution >= 4 is 5.91 Å². The Balaban J connectivity index is 1.78. The molecule has 1 aromatic heterocycles. The van der Waals surface area contributed by atoms with Gasteiger partial charge >= 0.3 is 6.18 Å². The summed E-state index contributed by atoms with van der Waals surface area (Å²) in [5.74, 6) is -0.0592. The van der Waals surface area contributed by atoms with Crippen molar-refractivity contribution < 1.29 is 22.5 Å². The number of carbonyl (C=O) groups excluding carboxylic acids is 1. The number of hydrogen-bond donors (Lipinski definition) is 0. The summed E-state index contributed by atoms with van der Waals surface area (Å²) in [6, 6.07) is 5.27. The first-order valence-electron chi connectivity index (χ1n) is 6.64. The molecule has 1 unspecified atom stereocenters. The van der Waals surface area contributed by atoms with E-state index in [1.807, 2.05) is 0 Å². The van der Waals surface area contributed by atoms with E-state index in [2.05, 4.69) is 14.7 Å². The highest BCUT2D eigenvalue weighted by Gasteiger charge is 2.36. The summed E-state index contributed by atoms with van der Waals surface area (Å²) in [5.41, 5.74) is -0.636. The Labute approximate surface area is 123 Å². The maximum atomic E-state index is 13.0. The highest BCUT2D eigenvalue weighted by Crippen LogP contribution is 2.34. The van der Waals surface area contributed by atoms with Crippen molar-refractivity contribution in [2.75, 3.05) is 6.54 Å². The highest BCUT2D eigenvalue weighted by atomic mass is 19.4. The molecule has 3 rings (SSSR count). The molecule has 1 atom stereocenters. The fraction of sp³-hybridized carbons (Fsp3) is 0.357. The van der Waals surface area contributed by atoms with Crippen LogP contribution < -0.4 is 0 Å². The Morgan fingerprint density at radius 2 is 2.09 bits per heavy atom. The van der Waals surface area contributed by atoms with Gasteiger partial charge in [-0.2, -0.15) is 18.2 Å². The molecule has 0 saturated carbocycles. The van der Waals surface area contributed by atoms with Gasteiger partial charge in [-0.1, -0.05) is 23.4 Å². The highest BCUT2D eigenvalue weighted by molar-refractivity contribution is 5.79. The number of rotatable bonds is 3. The fourth-order valence-corrected chi connectivity index (χ4v) is 2.60. The molecule has 1 aliphatic rings. The van der Waals surface area contributed by atoms with Crippen molar-refractivity contribution in [1.82, 2.24) is 15.0 Å². The van der Waals surface area contributed by atoms with Crippen LogP contribution in [0.4, 0.5) is 13.2 Å². The van der Waals surface area contributed by atoms with E-state index >= 15 is 0 Å². The Hall–Kier alpha value is -2.38. The van der Waals surface area contributed by atoms with Gasteiger partial charge in [0.15, 0.2) is 5.82 Å². The lowest BCUT2D eigenvalue weighted by atomic mass is 10.1. The summed E-state index contributed by atoms with van der Waals surface area (Å²) in [5, 5.41) is 3.69. The zero-order valence-corrected chi connectivity index (χ0v) is 11.4. The maximum absolute atomic E-state index is 13.0. The van der Waals surface area contributed by atoms with Crippen molar-refractivity contribution in [2.45, 2.75) is 25.1 Å². The molecule has 22 heavy (non-hydrogen) atoms. The minimum absolute atomic E-state index is 0.0805. The zero-order chi connectivity index (χ0) is 15.7. The van der Waals surface area contributed by atoms with Crippen LogP contribution in [-0.4, -0.2) is 27.5 Å². The third-order valence-corrected chi connectivity index (χ3v) is 3.64. The Morgan fingerprint density at radius 1 is 1.32 bits per heavy atom. The van der Waals surface area contributed by atoms with E-state index in [-0.39, 0.29) is 36.9 Å². The SMILES string of the molecule is O=C1CC(c2ncon2)CN1Cc1ccccc1C(F)(F)F. The normalized spacial score (nSPS) is 19.0. The van der Waals surface area contributed by atoms with Gasteiger partial charge in [0.05, 0.1) is 5.56 Å². The number of aromatic nitrogens is 2. The quantitative estimate of drug-likeness (QED) is 0.874. The summed E-state index contributed by atoms with van der Waals surface area (Å²) in [6.07, 6.45) is -3.10. The lowest BCUT2D eigenvalue weighted by molar-refractivity contribution is -0.139. The topological polar surface area (TPSA) is 59.2 Å². The van der Waals surface area contributed by atoms with E-state index in [9.17, 15) is 18.0 Å². The number of hydrogen-bond acceptors (Lipinski definition) is 4. The van der Waals surface area contributed by atoms with Crippen LogP contribution >= 0.6 is 0 Å². The average Bonchev–Trinajstić information content (AvgIpc) is 3.09. The molecule has 116 valence electrons. The molecule has 5 nitrogen and oxygen atoms in total. The number of amides is 1. The Kier molecular flexibility index (Phi) is 3.59. The van der Waals surface area contributed by atoms with Gasteiger partial charge in [0, 0.05) is 25.4 Å². The van der Waals surface area contributed by atoms with Crippen molar-refractivity contribution in [3.8, 4) is 0 Å². The lowest BCUT2D eigenvalue weighted by Gasteiger charge is -2.19. The molecule has 0 spiro atoms. The van der Waals surface area contributed by atoms with Crippen LogP contribution in [0.2, 0.25) is 0 Å². The van der Waals surface area contributed by atoms with E-state index in [0.717, 1.165) is 6.07 Å². The minimum Gasteiger partial charge on any atom is -0.343 e. The molecule has 8 heteroatoms. The van der Waals surface area contributed by atoms with Crippen LogP contribution in [-0.2, 0) is 17.5 Å². The first-order chi connectivity index (χ1) is 10.4. The van der Waals surface area contributed by atoms with Gasteiger partial charge in [0.1, 0.15) is 0 Å². The summed E-state index contributed by atoms with van der Waals surface area (Å²) in [6.45, 7) is 0.202. The first kappa shape index (κ1) is 14.6. The van der Waals surface area contributed by atoms with Gasteiger partial charge in [-0.3, -0.25) is 4.79 Å². The summed E-state index contributed by atoms with van der Waals surface area (Å²) < 4.78 is 43.6. The van der Waals surface area contributed by atoms with E-state index in [0.29, 0.717) is 5.82 Å². The first-order valence-corrected chi connectivity index (χ1v) is 6.64. The number of likely N-dealkylation sites (tertiary alicyclic amines) is 1. The van der Waals surface area contributed by atoms with Gasteiger partial charge in [-0.25, -0.2) is 0 Å². The second kappa shape index (κ2) is 5.43. The number of nitrogens with zero attached hydrogens (tertiary/aromatic N) is 3. The molecule has 0 radical (unpaired) electrons. The van der Waals surface area contributed by atoms with Crippen LogP contribution in [0.3, 0.4) is 0 Å². The third kappa shape index (κ3) is 2.81. The van der Waals surface area contributed by atoms with Gasteiger partial charge in [-0.15, -0.1) is 0 Å². The average molecular weight is 311 g/mol. The monoisotopic (exact) mass is 311 g/mol. The fourth-order valence-electron chi connectivity index (χ4n) is 2.60. The van der Waals surface area contributed by atoms with Crippen LogP contribution in [0.5, 0.6) is 0 Å². The molecular formula is C14H12F3N3O2. The van der Waals surface area contributed by atoms with E-state index in [1.54, 1.807) is 0 Å². The Bertz CT molecular complexity index is 670. The number of halogens is 3. The summed E-state index contributed by atoms with van der Waals surface area (Å²) in [4.78, 5) is 17.3. The third-order valence-electron chi connectivity index (χ3n) is 3.64. The van der Waals surface area contributed by atoms with Crippen LogP contribution in [0.25, 0.3) is 0 Å². The molecular weight excluding hydrogens is 299 g/mol. The summed E-state index contributed by atoms with van der Waals surface area (Å²) >= 11 is 0. The molecule has 1 fully saturated rings. The standard InChI is InChI=1S/C14H12F3N3O2/c15-14(16,17)11-4-2-1-3-9(11)6-20-7-10(5-12(20)21)13-18-8-22-19-13/h1-4,8,10H,5-7H2. The van der Waals surface area contributed by atoms with Gasteiger partial charge in [-0.05, 0) is 11.6 Å². The number of benzene rings is 1. The van der Waals surface area contributed by atoms with Crippen LogP contribution in [0.1, 0.15) is 29.3 Å². The van der Waals surface area contributed by atoms with E-state index in [1.165, 1.54) is 29.5 Å². The molecule has 1 aliphatic heterocycles. The predicted octanol–water partition coefficient (Wildman–Crippen LogP) is 2.60. The Morgan fingerprint density at radius 3 is 2.77 bits per heavy atom. The second-order valence-electron chi connectivity index (χ2n) is 5.12. The molecule has 2 heterocycles. The van der Waals surface area contributed by atoms with Crippen molar-refractivity contribution in [1.29, 1.82) is 0 Å². The maximum Gasteiger partial charge on any atom is 0.416 e. The molecule has 0 aliphatic carbocycles. The van der Waals surface area contributed by atoms with Crippen molar-refractivity contribution in [2.24, 2.45) is 0 Å². The van der Waals surface area contributed by atoms with Crippen LogP contribution in [0, 0.1) is 0 Å². The molecule has 2 aromatic rings. The van der Waals surface area contributed by atoms with Gasteiger partial charge in [0.25, 0.3) is 0 Å². The van der Waals surface area contributed by atoms with Crippen molar-refractivity contribution in [3.63, 3.8) is 0 Å². The molecule has 0 bridgehead atoms. The van der Waals surface area contributed by atoms with E-state index < -0.39 is 11.7 Å². The smallest absolute Gasteiger partial charge is 0.343 e. The number of alkyl halides is 3. The molecule has 0 N–H and O–H groups in total. The second-order valence-corrected chi connectivity index (χ2v) is 5.12. The molecule has 1 aromatic carbocycles. The molecule has 1 amide bonds. The predicted molar refractivity (Wildman–Crippen MR) is 68.5 cm³/mol. The lowest BCUT2D eigenvalue weighted by Crippen LogP contribution is -2.26. The van der Waals surface area contributed by atoms with E-state index in [4.69, 9.17) is 0 Å². The van der Waals surface area contributed by atoms with Crippen molar-refractivity contribution in [3.05, 3.63) is 47.6 Å². The minimum atomic E-state index is -4.44. The number of carbonyl (C=O) groups is 1. The summed E-state index contributed by atoms with van der Waals surface area (Å²) in [7, 11) is 0. The molecule has 1 saturated heterocycles.